The Bertz CT molecular complexity index is 299. The molecule has 0 spiro atoms. The molecule has 1 amide bonds. The fourth-order valence-electron chi connectivity index (χ4n) is 2.68. The van der Waals surface area contributed by atoms with Crippen molar-refractivity contribution in [3.05, 3.63) is 0 Å². The van der Waals surface area contributed by atoms with Crippen LogP contribution in [0.25, 0.3) is 0 Å². The molecule has 96 valence electrons. The summed E-state index contributed by atoms with van der Waals surface area (Å²) in [5.41, 5.74) is 0. The van der Waals surface area contributed by atoms with Crippen LogP contribution in [-0.2, 0) is 9.59 Å². The van der Waals surface area contributed by atoms with E-state index >= 15 is 0 Å². The van der Waals surface area contributed by atoms with Crippen molar-refractivity contribution < 1.29 is 14.7 Å². The second-order valence-electron chi connectivity index (χ2n) is 5.44. The average molecular weight is 239 g/mol. The third kappa shape index (κ3) is 3.72. The Morgan fingerprint density at radius 1 is 1.12 bits per heavy atom. The molecule has 0 aliphatic heterocycles. The molecule has 2 aliphatic rings. The molecule has 0 bridgehead atoms. The first-order chi connectivity index (χ1) is 8.16. The summed E-state index contributed by atoms with van der Waals surface area (Å²) in [5, 5.41) is 12.0. The molecular weight excluding hydrogens is 218 g/mol. The van der Waals surface area contributed by atoms with Gasteiger partial charge in [0.2, 0.25) is 5.91 Å². The van der Waals surface area contributed by atoms with Crippen molar-refractivity contribution in [2.75, 3.05) is 6.54 Å². The molecule has 2 N–H and O–H groups in total. The Kier molecular flexibility index (Phi) is 4.02. The van der Waals surface area contributed by atoms with E-state index in [1.807, 2.05) is 0 Å². The molecule has 0 heterocycles. The first-order valence-corrected chi connectivity index (χ1v) is 6.66. The molecule has 0 saturated heterocycles. The predicted molar refractivity (Wildman–Crippen MR) is 63.4 cm³/mol. The summed E-state index contributed by atoms with van der Waals surface area (Å²) in [4.78, 5) is 22.6. The molecule has 4 nitrogen and oxygen atoms in total. The van der Waals surface area contributed by atoms with Gasteiger partial charge in [0.15, 0.2) is 0 Å². The van der Waals surface area contributed by atoms with Crippen LogP contribution in [-0.4, -0.2) is 23.5 Å². The van der Waals surface area contributed by atoms with E-state index < -0.39 is 5.97 Å². The highest BCUT2D eigenvalue weighted by Crippen LogP contribution is 2.32. The van der Waals surface area contributed by atoms with Crippen LogP contribution in [0.3, 0.4) is 0 Å². The largest absolute Gasteiger partial charge is 0.481 e. The molecule has 0 aromatic carbocycles. The minimum Gasteiger partial charge on any atom is -0.481 e. The lowest BCUT2D eigenvalue weighted by Gasteiger charge is -2.28. The maximum atomic E-state index is 11.6. The highest BCUT2D eigenvalue weighted by Gasteiger charge is 2.31. The molecule has 2 atom stereocenters. The molecule has 2 fully saturated rings. The summed E-state index contributed by atoms with van der Waals surface area (Å²) in [7, 11) is 0. The lowest BCUT2D eigenvalue weighted by Crippen LogP contribution is -2.37. The van der Waals surface area contributed by atoms with Crippen molar-refractivity contribution in [1.82, 2.24) is 5.32 Å². The number of carboxylic acid groups (broad SMARTS) is 1. The summed E-state index contributed by atoms with van der Waals surface area (Å²) in [6.07, 6.45) is 6.77. The molecule has 2 aliphatic carbocycles. The van der Waals surface area contributed by atoms with Gasteiger partial charge in [-0.05, 0) is 37.5 Å². The normalized spacial score (nSPS) is 28.7. The van der Waals surface area contributed by atoms with Gasteiger partial charge in [-0.2, -0.15) is 0 Å². The maximum Gasteiger partial charge on any atom is 0.306 e. The van der Waals surface area contributed by atoms with E-state index in [2.05, 4.69) is 5.32 Å². The Balaban J connectivity index is 1.75. The van der Waals surface area contributed by atoms with Crippen LogP contribution in [0.15, 0.2) is 0 Å². The molecule has 17 heavy (non-hydrogen) atoms. The van der Waals surface area contributed by atoms with Gasteiger partial charge in [0.05, 0.1) is 5.92 Å². The smallest absolute Gasteiger partial charge is 0.306 e. The molecular formula is C13H21NO3. The third-order valence-electron chi connectivity index (χ3n) is 3.96. The number of carbonyl (C=O) groups is 2. The van der Waals surface area contributed by atoms with Gasteiger partial charge in [0.1, 0.15) is 0 Å². The molecule has 2 unspecified atom stereocenters. The van der Waals surface area contributed by atoms with Crippen LogP contribution < -0.4 is 5.32 Å². The second kappa shape index (κ2) is 5.52. The zero-order valence-corrected chi connectivity index (χ0v) is 10.2. The average Bonchev–Trinajstić information content (AvgIpc) is 3.10. The van der Waals surface area contributed by atoms with Crippen LogP contribution in [0.1, 0.15) is 44.9 Å². The van der Waals surface area contributed by atoms with Gasteiger partial charge in [-0.3, -0.25) is 9.59 Å². The second-order valence-corrected chi connectivity index (χ2v) is 5.44. The van der Waals surface area contributed by atoms with Crippen LogP contribution in [0.5, 0.6) is 0 Å². The van der Waals surface area contributed by atoms with Gasteiger partial charge >= 0.3 is 5.97 Å². The van der Waals surface area contributed by atoms with Crippen molar-refractivity contribution >= 4 is 11.9 Å². The van der Waals surface area contributed by atoms with E-state index in [0.717, 1.165) is 25.7 Å². The topological polar surface area (TPSA) is 66.4 Å². The molecule has 0 aromatic rings. The van der Waals surface area contributed by atoms with Crippen molar-refractivity contribution in [2.24, 2.45) is 17.8 Å². The van der Waals surface area contributed by atoms with Crippen LogP contribution in [0.2, 0.25) is 0 Å². The van der Waals surface area contributed by atoms with Gasteiger partial charge in [0.25, 0.3) is 0 Å². The quantitative estimate of drug-likeness (QED) is 0.768. The number of carbonyl (C=O) groups excluding carboxylic acids is 1. The number of nitrogens with one attached hydrogen (secondary N) is 1. The first-order valence-electron chi connectivity index (χ1n) is 6.66. The number of amides is 1. The molecule has 0 aromatic heterocycles. The monoisotopic (exact) mass is 239 g/mol. The fraction of sp³-hybridized carbons (Fsp3) is 0.846. The maximum absolute atomic E-state index is 11.6. The molecule has 0 radical (unpaired) electrons. The number of aliphatic carboxylic acids is 1. The minimum atomic E-state index is -0.703. The molecule has 4 heteroatoms. The summed E-state index contributed by atoms with van der Waals surface area (Å²) in [6, 6.07) is 0. The van der Waals surface area contributed by atoms with Crippen molar-refractivity contribution in [3.8, 4) is 0 Å². The van der Waals surface area contributed by atoms with Gasteiger partial charge in [-0.25, -0.2) is 0 Å². The van der Waals surface area contributed by atoms with Crippen molar-refractivity contribution in [1.29, 1.82) is 0 Å². The Hall–Kier alpha value is -1.06. The third-order valence-corrected chi connectivity index (χ3v) is 3.96. The predicted octanol–water partition coefficient (Wildman–Crippen LogP) is 1.79. The molecule has 2 rings (SSSR count). The zero-order valence-electron chi connectivity index (χ0n) is 10.2. The number of hydrogen-bond donors (Lipinski definition) is 2. The van der Waals surface area contributed by atoms with Crippen LogP contribution >= 0.6 is 0 Å². The van der Waals surface area contributed by atoms with Gasteiger partial charge in [0, 0.05) is 13.0 Å². The van der Waals surface area contributed by atoms with Gasteiger partial charge in [-0.1, -0.05) is 12.8 Å². The summed E-state index contributed by atoms with van der Waals surface area (Å²) in [5.74, 6) is -0.139. The SMILES string of the molecule is O=C(CC1CC1)NCC1CCCCC1C(=O)O. The fourth-order valence-corrected chi connectivity index (χ4v) is 2.68. The number of rotatable bonds is 5. The van der Waals surface area contributed by atoms with Crippen molar-refractivity contribution in [3.63, 3.8) is 0 Å². The molecule has 2 saturated carbocycles. The van der Waals surface area contributed by atoms with E-state index in [0.29, 0.717) is 18.9 Å². The number of hydrogen-bond acceptors (Lipinski definition) is 2. The lowest BCUT2D eigenvalue weighted by molar-refractivity contribution is -0.145. The van der Waals surface area contributed by atoms with E-state index in [1.165, 1.54) is 12.8 Å². The number of carboxylic acids is 1. The van der Waals surface area contributed by atoms with E-state index in [1.54, 1.807) is 0 Å². The summed E-state index contributed by atoms with van der Waals surface area (Å²) in [6.45, 7) is 0.544. The minimum absolute atomic E-state index is 0.0993. The Morgan fingerprint density at radius 2 is 1.82 bits per heavy atom. The Morgan fingerprint density at radius 3 is 2.47 bits per heavy atom. The van der Waals surface area contributed by atoms with Gasteiger partial charge < -0.3 is 10.4 Å². The Labute approximate surface area is 102 Å². The van der Waals surface area contributed by atoms with E-state index in [-0.39, 0.29) is 17.7 Å². The van der Waals surface area contributed by atoms with Crippen LogP contribution in [0, 0.1) is 17.8 Å². The highest BCUT2D eigenvalue weighted by atomic mass is 16.4. The standard InChI is InChI=1S/C13H21NO3/c15-12(7-9-5-6-9)14-8-10-3-1-2-4-11(10)13(16)17/h9-11H,1-8H2,(H,14,15)(H,16,17). The van der Waals surface area contributed by atoms with Crippen LogP contribution in [0.4, 0.5) is 0 Å². The zero-order chi connectivity index (χ0) is 12.3. The summed E-state index contributed by atoms with van der Waals surface area (Å²) >= 11 is 0. The van der Waals surface area contributed by atoms with Crippen molar-refractivity contribution in [2.45, 2.75) is 44.9 Å². The van der Waals surface area contributed by atoms with Gasteiger partial charge in [-0.15, -0.1) is 0 Å². The van der Waals surface area contributed by atoms with E-state index in [9.17, 15) is 9.59 Å². The lowest BCUT2D eigenvalue weighted by atomic mass is 9.79. The van der Waals surface area contributed by atoms with E-state index in [4.69, 9.17) is 5.11 Å². The summed E-state index contributed by atoms with van der Waals surface area (Å²) < 4.78 is 0. The highest BCUT2D eigenvalue weighted by molar-refractivity contribution is 5.76. The first kappa shape index (κ1) is 12.4.